The molecule has 0 amide bonds. The van der Waals surface area contributed by atoms with Crippen molar-refractivity contribution in [1.82, 2.24) is 0 Å². The Labute approximate surface area is 176 Å². The minimum atomic E-state index is -0.945. The van der Waals surface area contributed by atoms with Crippen LogP contribution in [-0.4, -0.2) is 39.7 Å². The van der Waals surface area contributed by atoms with Crippen LogP contribution >= 0.6 is 0 Å². The van der Waals surface area contributed by atoms with E-state index in [1.54, 1.807) is 14.2 Å². The second-order valence-electron chi connectivity index (χ2n) is 6.42. The molecule has 0 aliphatic carbocycles. The lowest BCUT2D eigenvalue weighted by atomic mass is 9.80. The van der Waals surface area contributed by atoms with Gasteiger partial charge in [0, 0.05) is 0 Å². The third-order valence-corrected chi connectivity index (χ3v) is 4.79. The highest BCUT2D eigenvalue weighted by Gasteiger charge is 2.38. The number of hydrogen-bond acceptors (Lipinski definition) is 6. The van der Waals surface area contributed by atoms with Crippen molar-refractivity contribution in [2.24, 2.45) is 0 Å². The van der Waals surface area contributed by atoms with E-state index in [1.807, 2.05) is 78.9 Å². The Balaban J connectivity index is 2.10. The van der Waals surface area contributed by atoms with Crippen LogP contribution < -0.4 is 9.47 Å². The van der Waals surface area contributed by atoms with Crippen LogP contribution in [0.1, 0.15) is 16.7 Å². The van der Waals surface area contributed by atoms with E-state index in [9.17, 15) is 0 Å². The summed E-state index contributed by atoms with van der Waals surface area (Å²) in [4.78, 5) is 0. The summed E-state index contributed by atoms with van der Waals surface area (Å²) in [5.74, 6) is 1.51. The Kier molecular flexibility index (Phi) is 7.82. The van der Waals surface area contributed by atoms with Gasteiger partial charge in [0.2, 0.25) is 0 Å². The summed E-state index contributed by atoms with van der Waals surface area (Å²) >= 11 is 0. The van der Waals surface area contributed by atoms with E-state index in [4.69, 9.17) is 28.8 Å². The number of ether oxygens (including phenoxy) is 5. The van der Waals surface area contributed by atoms with Gasteiger partial charge in [0.1, 0.15) is 23.9 Å². The topological polar surface area (TPSA) is 66.4 Å². The molecule has 3 aromatic carbocycles. The molecule has 0 heterocycles. The lowest BCUT2D eigenvalue weighted by Crippen LogP contribution is -2.34. The molecule has 158 valence electrons. The van der Waals surface area contributed by atoms with E-state index >= 15 is 0 Å². The molecule has 0 atom stereocenters. The van der Waals surface area contributed by atoms with Crippen molar-refractivity contribution < 1.29 is 28.8 Å². The van der Waals surface area contributed by atoms with Gasteiger partial charge in [-0.15, -0.1) is 0 Å². The van der Waals surface area contributed by atoms with Gasteiger partial charge in [0.05, 0.1) is 14.2 Å². The molecule has 0 aromatic heterocycles. The van der Waals surface area contributed by atoms with Gasteiger partial charge >= 0.3 is 0 Å². The summed E-state index contributed by atoms with van der Waals surface area (Å²) in [6.07, 6.45) is 0. The van der Waals surface area contributed by atoms with Gasteiger partial charge in [0.15, 0.2) is 13.6 Å². The molecule has 0 saturated carbocycles. The molecule has 0 bridgehead atoms. The summed E-state index contributed by atoms with van der Waals surface area (Å²) in [7, 11) is 3.27. The molecular formula is C24H26O6. The second-order valence-corrected chi connectivity index (χ2v) is 6.42. The average Bonchev–Trinajstić information content (AvgIpc) is 2.82. The summed E-state index contributed by atoms with van der Waals surface area (Å²) < 4.78 is 27.3. The van der Waals surface area contributed by atoms with E-state index in [0.717, 1.165) is 28.2 Å². The van der Waals surface area contributed by atoms with E-state index in [-0.39, 0.29) is 13.6 Å². The summed E-state index contributed by atoms with van der Waals surface area (Å²) in [6.45, 7) is -0.541. The zero-order valence-electron chi connectivity index (χ0n) is 17.1. The number of methoxy groups -OCH3 is 2. The summed E-state index contributed by atoms with van der Waals surface area (Å²) in [5, 5.41) is 8.79. The highest BCUT2D eigenvalue weighted by Crippen LogP contribution is 2.41. The maximum Gasteiger partial charge on any atom is 0.152 e. The van der Waals surface area contributed by atoms with Crippen LogP contribution in [0, 0.1) is 0 Å². The van der Waals surface area contributed by atoms with Gasteiger partial charge in [-0.1, -0.05) is 54.6 Å². The number of benzene rings is 3. The first-order valence-corrected chi connectivity index (χ1v) is 9.49. The highest BCUT2D eigenvalue weighted by atomic mass is 16.8. The first kappa shape index (κ1) is 21.8. The van der Waals surface area contributed by atoms with Crippen LogP contribution in [0.15, 0.2) is 78.9 Å². The quantitative estimate of drug-likeness (QED) is 0.294. The number of hydrogen-bond donors (Lipinski definition) is 1. The number of rotatable bonds is 11. The fourth-order valence-electron chi connectivity index (χ4n) is 3.33. The third-order valence-electron chi connectivity index (χ3n) is 4.79. The molecule has 0 aliphatic heterocycles. The largest absolute Gasteiger partial charge is 0.497 e. The van der Waals surface area contributed by atoms with Crippen molar-refractivity contribution in [2.45, 2.75) is 5.60 Å². The Morgan fingerprint density at radius 3 is 1.60 bits per heavy atom. The van der Waals surface area contributed by atoms with Gasteiger partial charge in [-0.05, 0) is 41.0 Å². The van der Waals surface area contributed by atoms with Gasteiger partial charge in [-0.3, -0.25) is 0 Å². The van der Waals surface area contributed by atoms with Crippen LogP contribution in [0.4, 0.5) is 0 Å². The van der Waals surface area contributed by atoms with Crippen molar-refractivity contribution in [1.29, 1.82) is 0 Å². The standard InChI is InChI=1S/C24H26O6/c1-26-22-12-8-20(9-13-22)24(19-6-4-3-5-7-19,30-18-29-17-28-16-25)21-10-14-23(27-2)15-11-21/h3-15,25H,16-18H2,1-2H3. The fourth-order valence-corrected chi connectivity index (χ4v) is 3.33. The van der Waals surface area contributed by atoms with Gasteiger partial charge in [-0.25, -0.2) is 0 Å². The summed E-state index contributed by atoms with van der Waals surface area (Å²) in [5.41, 5.74) is 1.81. The van der Waals surface area contributed by atoms with Crippen molar-refractivity contribution in [3.05, 3.63) is 95.6 Å². The van der Waals surface area contributed by atoms with E-state index in [0.29, 0.717) is 0 Å². The molecule has 0 radical (unpaired) electrons. The molecule has 0 spiro atoms. The van der Waals surface area contributed by atoms with Gasteiger partial charge < -0.3 is 28.8 Å². The molecular weight excluding hydrogens is 384 g/mol. The third kappa shape index (κ3) is 4.80. The molecule has 1 N–H and O–H groups in total. The normalized spacial score (nSPS) is 11.3. The first-order valence-electron chi connectivity index (χ1n) is 9.49. The molecule has 0 saturated heterocycles. The van der Waals surface area contributed by atoms with Crippen molar-refractivity contribution in [3.8, 4) is 11.5 Å². The molecule has 0 aliphatic rings. The number of aliphatic hydroxyl groups excluding tert-OH is 1. The van der Waals surface area contributed by atoms with E-state index < -0.39 is 12.4 Å². The molecule has 6 nitrogen and oxygen atoms in total. The Morgan fingerprint density at radius 2 is 1.13 bits per heavy atom. The van der Waals surface area contributed by atoms with Crippen LogP contribution in [0.3, 0.4) is 0 Å². The average molecular weight is 410 g/mol. The zero-order chi connectivity index (χ0) is 21.2. The fraction of sp³-hybridized carbons (Fsp3) is 0.250. The van der Waals surface area contributed by atoms with Crippen LogP contribution in [-0.2, 0) is 19.8 Å². The maximum absolute atomic E-state index is 8.79. The Morgan fingerprint density at radius 1 is 0.633 bits per heavy atom. The van der Waals surface area contributed by atoms with Crippen LogP contribution in [0.25, 0.3) is 0 Å². The van der Waals surface area contributed by atoms with Gasteiger partial charge in [0.25, 0.3) is 0 Å². The monoisotopic (exact) mass is 410 g/mol. The maximum atomic E-state index is 8.79. The minimum Gasteiger partial charge on any atom is -0.497 e. The summed E-state index contributed by atoms with van der Waals surface area (Å²) in [6, 6.07) is 25.4. The smallest absolute Gasteiger partial charge is 0.152 e. The lowest BCUT2D eigenvalue weighted by Gasteiger charge is -2.35. The molecule has 6 heteroatoms. The van der Waals surface area contributed by atoms with Crippen LogP contribution in [0.5, 0.6) is 11.5 Å². The van der Waals surface area contributed by atoms with Crippen molar-refractivity contribution in [3.63, 3.8) is 0 Å². The molecule has 30 heavy (non-hydrogen) atoms. The molecule has 3 aromatic rings. The number of aliphatic hydroxyl groups is 1. The minimum absolute atomic E-state index is 0.0487. The molecule has 0 unspecified atom stereocenters. The zero-order valence-corrected chi connectivity index (χ0v) is 17.1. The predicted molar refractivity (Wildman–Crippen MR) is 112 cm³/mol. The Bertz CT molecular complexity index is 830. The predicted octanol–water partition coefficient (Wildman–Crippen LogP) is 3.91. The van der Waals surface area contributed by atoms with E-state index in [1.165, 1.54) is 0 Å². The van der Waals surface area contributed by atoms with Crippen molar-refractivity contribution in [2.75, 3.05) is 34.6 Å². The van der Waals surface area contributed by atoms with Crippen molar-refractivity contribution >= 4 is 0 Å². The first-order chi connectivity index (χ1) is 14.7. The highest BCUT2D eigenvalue weighted by molar-refractivity contribution is 5.49. The molecule has 3 rings (SSSR count). The molecule has 0 fully saturated rings. The lowest BCUT2D eigenvalue weighted by molar-refractivity contribution is -0.180. The second kappa shape index (κ2) is 10.8. The SMILES string of the molecule is COc1ccc(C(OCOCOCO)(c2ccccc2)c2ccc(OC)cc2)cc1. The van der Waals surface area contributed by atoms with E-state index in [2.05, 4.69) is 0 Å². The Hall–Kier alpha value is -2.90. The van der Waals surface area contributed by atoms with Gasteiger partial charge in [-0.2, -0.15) is 0 Å². The van der Waals surface area contributed by atoms with Crippen LogP contribution in [0.2, 0.25) is 0 Å².